The van der Waals surface area contributed by atoms with Gasteiger partial charge in [-0.1, -0.05) is 17.7 Å². The second kappa shape index (κ2) is 6.33. The van der Waals surface area contributed by atoms with Gasteiger partial charge in [0.2, 0.25) is 5.91 Å². The number of hydrogen-bond donors (Lipinski definition) is 1. The van der Waals surface area contributed by atoms with Gasteiger partial charge in [-0.15, -0.1) is 0 Å². The number of nitrogens with one attached hydrogen (secondary N) is 1. The Labute approximate surface area is 146 Å². The van der Waals surface area contributed by atoms with E-state index in [0.29, 0.717) is 10.7 Å². The van der Waals surface area contributed by atoms with Gasteiger partial charge in [0.1, 0.15) is 6.54 Å². The van der Waals surface area contributed by atoms with E-state index in [1.165, 1.54) is 12.1 Å². The van der Waals surface area contributed by atoms with Crippen LogP contribution < -0.4 is 5.32 Å². The van der Waals surface area contributed by atoms with Gasteiger partial charge in [0.15, 0.2) is 0 Å². The largest absolute Gasteiger partial charge is 0.324 e. The first-order valence-electron chi connectivity index (χ1n) is 7.07. The number of amides is 3. The van der Waals surface area contributed by atoms with Crippen molar-refractivity contribution in [1.29, 1.82) is 0 Å². The van der Waals surface area contributed by atoms with Gasteiger partial charge in [-0.05, 0) is 24.3 Å². The second-order valence-electron chi connectivity index (χ2n) is 5.24. The molecule has 0 fully saturated rings. The van der Waals surface area contributed by atoms with Gasteiger partial charge in [-0.2, -0.15) is 0 Å². The predicted octanol–water partition coefficient (Wildman–Crippen LogP) is 2.48. The average Bonchev–Trinajstić information content (AvgIpc) is 2.79. The molecule has 1 N–H and O–H groups in total. The van der Waals surface area contributed by atoms with Crippen molar-refractivity contribution >= 4 is 40.7 Å². The third-order valence-corrected chi connectivity index (χ3v) is 3.81. The molecule has 0 saturated heterocycles. The van der Waals surface area contributed by atoms with Crippen molar-refractivity contribution < 1.29 is 19.3 Å². The molecule has 0 saturated carbocycles. The molecule has 1 aliphatic rings. The molecule has 1 aliphatic heterocycles. The molecule has 3 rings (SSSR count). The standard InChI is InChI=1S/C16H10ClN3O5/c17-9-2-1-3-10(6-9)18-14(21)8-19-15(22)12-5-4-11(20(24)25)7-13(12)16(19)23/h1-7H,8H2,(H,18,21). The number of nitro benzene ring substituents is 1. The van der Waals surface area contributed by atoms with E-state index >= 15 is 0 Å². The number of non-ortho nitro benzene ring substituents is 1. The molecule has 0 aliphatic carbocycles. The van der Waals surface area contributed by atoms with Gasteiger partial charge in [0.05, 0.1) is 16.1 Å². The molecule has 0 aromatic heterocycles. The van der Waals surface area contributed by atoms with Gasteiger partial charge < -0.3 is 5.32 Å². The van der Waals surface area contributed by atoms with Crippen LogP contribution >= 0.6 is 11.6 Å². The summed E-state index contributed by atoms with van der Waals surface area (Å²) in [5, 5.41) is 13.8. The first kappa shape index (κ1) is 16.6. The fourth-order valence-corrected chi connectivity index (χ4v) is 2.64. The SMILES string of the molecule is O=C(CN1C(=O)c2ccc([N+](=O)[O-])cc2C1=O)Nc1cccc(Cl)c1. The normalized spacial score (nSPS) is 12.9. The molecule has 25 heavy (non-hydrogen) atoms. The van der Waals surface area contributed by atoms with E-state index in [1.807, 2.05) is 0 Å². The number of imide groups is 1. The molecule has 0 radical (unpaired) electrons. The number of carbonyl (C=O) groups excluding carboxylic acids is 3. The number of nitro groups is 1. The van der Waals surface area contributed by atoms with Gasteiger partial charge in [0, 0.05) is 22.8 Å². The number of anilines is 1. The minimum Gasteiger partial charge on any atom is -0.324 e. The van der Waals surface area contributed by atoms with Crippen molar-refractivity contribution in [1.82, 2.24) is 4.90 Å². The Morgan fingerprint density at radius 3 is 2.52 bits per heavy atom. The second-order valence-corrected chi connectivity index (χ2v) is 5.68. The number of benzene rings is 2. The Bertz CT molecular complexity index is 928. The predicted molar refractivity (Wildman–Crippen MR) is 88.5 cm³/mol. The highest BCUT2D eigenvalue weighted by molar-refractivity contribution is 6.31. The van der Waals surface area contributed by atoms with Crippen LogP contribution in [0.2, 0.25) is 5.02 Å². The zero-order valence-electron chi connectivity index (χ0n) is 12.6. The maximum absolute atomic E-state index is 12.3. The Morgan fingerprint density at radius 1 is 1.12 bits per heavy atom. The first-order chi connectivity index (χ1) is 11.9. The highest BCUT2D eigenvalue weighted by atomic mass is 35.5. The summed E-state index contributed by atoms with van der Waals surface area (Å²) in [6, 6.07) is 9.78. The van der Waals surface area contributed by atoms with E-state index < -0.39 is 29.2 Å². The Balaban J connectivity index is 1.77. The summed E-state index contributed by atoms with van der Waals surface area (Å²) in [5.41, 5.74) is 0.0655. The van der Waals surface area contributed by atoms with Crippen molar-refractivity contribution in [2.45, 2.75) is 0 Å². The average molecular weight is 360 g/mol. The van der Waals surface area contributed by atoms with Gasteiger partial charge in [-0.3, -0.25) is 29.4 Å². The number of halogens is 1. The van der Waals surface area contributed by atoms with Crippen molar-refractivity contribution in [3.05, 3.63) is 68.7 Å². The summed E-state index contributed by atoms with van der Waals surface area (Å²) in [6.45, 7) is -0.507. The lowest BCUT2D eigenvalue weighted by molar-refractivity contribution is -0.384. The molecule has 0 unspecified atom stereocenters. The molecule has 0 atom stereocenters. The number of nitrogens with zero attached hydrogens (tertiary/aromatic N) is 2. The third-order valence-electron chi connectivity index (χ3n) is 3.58. The molecule has 8 nitrogen and oxygen atoms in total. The minimum absolute atomic E-state index is 0.0335. The molecule has 2 aromatic carbocycles. The molecule has 1 heterocycles. The van der Waals surface area contributed by atoms with Crippen LogP contribution in [0.25, 0.3) is 0 Å². The summed E-state index contributed by atoms with van der Waals surface area (Å²) >= 11 is 5.82. The van der Waals surface area contributed by atoms with Crippen LogP contribution in [0.1, 0.15) is 20.7 Å². The summed E-state index contributed by atoms with van der Waals surface area (Å²) in [4.78, 5) is 47.5. The summed E-state index contributed by atoms with van der Waals surface area (Å²) in [6.07, 6.45) is 0. The number of carbonyl (C=O) groups is 3. The maximum atomic E-state index is 12.3. The summed E-state index contributed by atoms with van der Waals surface area (Å²) in [7, 11) is 0. The van der Waals surface area contributed by atoms with Crippen molar-refractivity contribution in [2.24, 2.45) is 0 Å². The zero-order valence-corrected chi connectivity index (χ0v) is 13.3. The van der Waals surface area contributed by atoms with E-state index in [9.17, 15) is 24.5 Å². The van der Waals surface area contributed by atoms with E-state index in [-0.39, 0.29) is 16.8 Å². The highest BCUT2D eigenvalue weighted by Crippen LogP contribution is 2.26. The molecular formula is C16H10ClN3O5. The molecule has 2 aromatic rings. The van der Waals surface area contributed by atoms with E-state index in [0.717, 1.165) is 17.0 Å². The fraction of sp³-hybridized carbons (Fsp3) is 0.0625. The molecule has 3 amide bonds. The Kier molecular flexibility index (Phi) is 4.20. The number of rotatable bonds is 4. The van der Waals surface area contributed by atoms with Gasteiger partial charge in [0.25, 0.3) is 17.5 Å². The lowest BCUT2D eigenvalue weighted by atomic mass is 10.1. The van der Waals surface area contributed by atoms with E-state index in [4.69, 9.17) is 11.6 Å². The van der Waals surface area contributed by atoms with E-state index in [1.54, 1.807) is 18.2 Å². The van der Waals surface area contributed by atoms with Crippen LogP contribution in [0.15, 0.2) is 42.5 Å². The number of hydrogen-bond acceptors (Lipinski definition) is 5. The topological polar surface area (TPSA) is 110 Å². The molecular weight excluding hydrogens is 350 g/mol. The van der Waals surface area contributed by atoms with Gasteiger partial charge in [-0.25, -0.2) is 0 Å². The summed E-state index contributed by atoms with van der Waals surface area (Å²) < 4.78 is 0. The van der Waals surface area contributed by atoms with Crippen molar-refractivity contribution in [2.75, 3.05) is 11.9 Å². The maximum Gasteiger partial charge on any atom is 0.270 e. The minimum atomic E-state index is -0.745. The highest BCUT2D eigenvalue weighted by Gasteiger charge is 2.37. The monoisotopic (exact) mass is 359 g/mol. The van der Waals surface area contributed by atoms with Crippen LogP contribution in [0.4, 0.5) is 11.4 Å². The van der Waals surface area contributed by atoms with Crippen LogP contribution in [0, 0.1) is 10.1 Å². The van der Waals surface area contributed by atoms with Crippen molar-refractivity contribution in [3.8, 4) is 0 Å². The van der Waals surface area contributed by atoms with Crippen LogP contribution in [-0.2, 0) is 4.79 Å². The Morgan fingerprint density at radius 2 is 1.84 bits per heavy atom. The lowest BCUT2D eigenvalue weighted by Crippen LogP contribution is -2.37. The molecule has 9 heteroatoms. The lowest BCUT2D eigenvalue weighted by Gasteiger charge is -2.13. The molecule has 126 valence electrons. The smallest absolute Gasteiger partial charge is 0.270 e. The molecule has 0 spiro atoms. The fourth-order valence-electron chi connectivity index (χ4n) is 2.45. The zero-order chi connectivity index (χ0) is 18.1. The first-order valence-corrected chi connectivity index (χ1v) is 7.44. The van der Waals surface area contributed by atoms with Gasteiger partial charge >= 0.3 is 0 Å². The van der Waals surface area contributed by atoms with Crippen LogP contribution in [0.3, 0.4) is 0 Å². The number of fused-ring (bicyclic) bond motifs is 1. The Hall–Kier alpha value is -3.26. The van der Waals surface area contributed by atoms with Crippen LogP contribution in [-0.4, -0.2) is 34.1 Å². The quantitative estimate of drug-likeness (QED) is 0.512. The van der Waals surface area contributed by atoms with E-state index in [2.05, 4.69) is 5.32 Å². The van der Waals surface area contributed by atoms with Crippen LogP contribution in [0.5, 0.6) is 0 Å². The molecule has 0 bridgehead atoms. The summed E-state index contributed by atoms with van der Waals surface area (Å²) in [5.74, 6) is -2.01. The third kappa shape index (κ3) is 3.20. The van der Waals surface area contributed by atoms with Crippen molar-refractivity contribution in [3.63, 3.8) is 0 Å².